The van der Waals surface area contributed by atoms with Crippen molar-refractivity contribution in [2.75, 3.05) is 13.2 Å². The Morgan fingerprint density at radius 1 is 1.56 bits per heavy atom. The van der Waals surface area contributed by atoms with E-state index in [0.717, 1.165) is 0 Å². The minimum Gasteiger partial charge on any atom is -0.481 e. The fourth-order valence-electron chi connectivity index (χ4n) is 1.64. The Bertz CT molecular complexity index is 432. The Balaban J connectivity index is 2.92. The molecule has 1 rings (SSSR count). The first-order valence-corrected chi connectivity index (χ1v) is 5.58. The van der Waals surface area contributed by atoms with Gasteiger partial charge in [0.2, 0.25) is 0 Å². The van der Waals surface area contributed by atoms with Crippen LogP contribution in [-0.4, -0.2) is 29.2 Å². The molecule has 1 aromatic rings. The molecule has 6 heteroatoms. The molecule has 0 aromatic heterocycles. The van der Waals surface area contributed by atoms with Crippen molar-refractivity contribution < 1.29 is 19.6 Å². The van der Waals surface area contributed by atoms with Gasteiger partial charge in [-0.3, -0.25) is 14.9 Å². The third kappa shape index (κ3) is 4.14. The molecule has 18 heavy (non-hydrogen) atoms. The topological polar surface area (TPSA) is 89.7 Å². The zero-order valence-corrected chi connectivity index (χ0v) is 10.0. The second-order valence-electron chi connectivity index (χ2n) is 3.81. The van der Waals surface area contributed by atoms with Crippen molar-refractivity contribution in [3.8, 4) is 0 Å². The van der Waals surface area contributed by atoms with Gasteiger partial charge in [0.25, 0.3) is 5.69 Å². The van der Waals surface area contributed by atoms with Gasteiger partial charge in [0.1, 0.15) is 0 Å². The van der Waals surface area contributed by atoms with E-state index in [9.17, 15) is 14.9 Å². The molecule has 0 fully saturated rings. The fourth-order valence-corrected chi connectivity index (χ4v) is 1.64. The Morgan fingerprint density at radius 3 is 2.83 bits per heavy atom. The lowest BCUT2D eigenvalue weighted by Gasteiger charge is -2.14. The Hall–Kier alpha value is -1.95. The highest BCUT2D eigenvalue weighted by atomic mass is 16.6. The van der Waals surface area contributed by atoms with Gasteiger partial charge < -0.3 is 9.84 Å². The lowest BCUT2D eigenvalue weighted by Crippen LogP contribution is -2.13. The number of carboxylic acids is 1. The summed E-state index contributed by atoms with van der Waals surface area (Å²) in [6, 6.07) is 6.00. The van der Waals surface area contributed by atoms with Crippen molar-refractivity contribution in [2.24, 2.45) is 0 Å². The van der Waals surface area contributed by atoms with Crippen LogP contribution in [0.5, 0.6) is 0 Å². The Kier molecular flexibility index (Phi) is 5.26. The van der Waals surface area contributed by atoms with E-state index in [0.29, 0.717) is 12.2 Å². The normalized spacial score (nSPS) is 12.1. The number of rotatable bonds is 7. The van der Waals surface area contributed by atoms with Crippen molar-refractivity contribution in [1.82, 2.24) is 0 Å². The molecule has 1 unspecified atom stereocenters. The summed E-state index contributed by atoms with van der Waals surface area (Å²) in [6.45, 7) is 2.53. The summed E-state index contributed by atoms with van der Waals surface area (Å²) in [5.74, 6) is -1.33. The number of ether oxygens (including phenoxy) is 1. The molecule has 1 atom stereocenters. The molecule has 0 aliphatic carbocycles. The summed E-state index contributed by atoms with van der Waals surface area (Å²) in [4.78, 5) is 20.9. The van der Waals surface area contributed by atoms with Gasteiger partial charge in [0, 0.05) is 24.7 Å². The predicted molar refractivity (Wildman–Crippen MR) is 64.6 cm³/mol. The molecule has 0 radical (unpaired) electrons. The zero-order valence-electron chi connectivity index (χ0n) is 10.0. The van der Waals surface area contributed by atoms with Crippen LogP contribution in [0.2, 0.25) is 0 Å². The van der Waals surface area contributed by atoms with E-state index in [2.05, 4.69) is 0 Å². The van der Waals surface area contributed by atoms with E-state index < -0.39 is 10.9 Å². The molecule has 0 bridgehead atoms. The molecule has 0 spiro atoms. The van der Waals surface area contributed by atoms with Gasteiger partial charge in [-0.05, 0) is 12.5 Å². The molecule has 0 aliphatic heterocycles. The standard InChI is InChI=1S/C12H15NO5/c1-2-18-8-10(7-12(14)15)9-4-3-5-11(6-9)13(16)17/h3-6,10H,2,7-8H2,1H3,(H,14,15). The van der Waals surface area contributed by atoms with Crippen LogP contribution >= 0.6 is 0 Å². The van der Waals surface area contributed by atoms with Crippen LogP contribution in [0.1, 0.15) is 24.8 Å². The molecule has 0 aliphatic rings. The molecule has 1 N–H and O–H groups in total. The number of aliphatic carboxylic acids is 1. The predicted octanol–water partition coefficient (Wildman–Crippen LogP) is 2.19. The summed E-state index contributed by atoms with van der Waals surface area (Å²) in [5.41, 5.74) is 0.569. The van der Waals surface area contributed by atoms with Gasteiger partial charge in [0.15, 0.2) is 0 Å². The van der Waals surface area contributed by atoms with Gasteiger partial charge in [-0.25, -0.2) is 0 Å². The summed E-state index contributed by atoms with van der Waals surface area (Å²) in [5, 5.41) is 19.5. The second-order valence-corrected chi connectivity index (χ2v) is 3.81. The quantitative estimate of drug-likeness (QED) is 0.594. The Morgan fingerprint density at radius 2 is 2.28 bits per heavy atom. The fraction of sp³-hybridized carbons (Fsp3) is 0.417. The molecule has 0 amide bonds. The highest BCUT2D eigenvalue weighted by Crippen LogP contribution is 2.24. The zero-order chi connectivity index (χ0) is 13.5. The highest BCUT2D eigenvalue weighted by Gasteiger charge is 2.18. The SMILES string of the molecule is CCOCC(CC(=O)O)c1cccc([N+](=O)[O-])c1. The molecule has 0 saturated carbocycles. The number of nitro groups is 1. The third-order valence-corrected chi connectivity index (χ3v) is 2.50. The van der Waals surface area contributed by atoms with Crippen LogP contribution in [0.3, 0.4) is 0 Å². The summed E-state index contributed by atoms with van der Waals surface area (Å²) in [7, 11) is 0. The lowest BCUT2D eigenvalue weighted by atomic mass is 9.96. The minimum absolute atomic E-state index is 0.0422. The van der Waals surface area contributed by atoms with E-state index in [-0.39, 0.29) is 24.6 Å². The maximum atomic E-state index is 10.8. The van der Waals surface area contributed by atoms with Gasteiger partial charge in [-0.15, -0.1) is 0 Å². The Labute approximate surface area is 104 Å². The van der Waals surface area contributed by atoms with E-state index in [1.54, 1.807) is 12.1 Å². The summed E-state index contributed by atoms with van der Waals surface area (Å²) >= 11 is 0. The number of hydrogen-bond acceptors (Lipinski definition) is 4. The van der Waals surface area contributed by atoms with Gasteiger partial charge in [0.05, 0.1) is 18.0 Å². The molecule has 6 nitrogen and oxygen atoms in total. The number of benzene rings is 1. The van der Waals surface area contributed by atoms with Gasteiger partial charge in [-0.1, -0.05) is 12.1 Å². The number of nitrogens with zero attached hydrogens (tertiary/aromatic N) is 1. The van der Waals surface area contributed by atoms with Crippen LogP contribution in [0.4, 0.5) is 5.69 Å². The lowest BCUT2D eigenvalue weighted by molar-refractivity contribution is -0.384. The number of nitro benzene ring substituents is 1. The number of carbonyl (C=O) groups is 1. The summed E-state index contributed by atoms with van der Waals surface area (Å²) < 4.78 is 5.22. The minimum atomic E-state index is -0.953. The van der Waals surface area contributed by atoms with Crippen LogP contribution in [-0.2, 0) is 9.53 Å². The highest BCUT2D eigenvalue weighted by molar-refractivity contribution is 5.68. The van der Waals surface area contributed by atoms with Crippen molar-refractivity contribution >= 4 is 11.7 Å². The smallest absolute Gasteiger partial charge is 0.304 e. The van der Waals surface area contributed by atoms with E-state index in [1.165, 1.54) is 12.1 Å². The van der Waals surface area contributed by atoms with Crippen LogP contribution in [0.25, 0.3) is 0 Å². The van der Waals surface area contributed by atoms with E-state index in [4.69, 9.17) is 9.84 Å². The van der Waals surface area contributed by atoms with Crippen molar-refractivity contribution in [1.29, 1.82) is 0 Å². The number of hydrogen-bond donors (Lipinski definition) is 1. The van der Waals surface area contributed by atoms with E-state index >= 15 is 0 Å². The maximum Gasteiger partial charge on any atom is 0.304 e. The molecular formula is C12H15NO5. The van der Waals surface area contributed by atoms with Crippen molar-refractivity contribution in [3.63, 3.8) is 0 Å². The van der Waals surface area contributed by atoms with Crippen LogP contribution in [0.15, 0.2) is 24.3 Å². The number of carboxylic acid groups (broad SMARTS) is 1. The molecular weight excluding hydrogens is 238 g/mol. The monoisotopic (exact) mass is 253 g/mol. The average Bonchev–Trinajstić information content (AvgIpc) is 2.34. The van der Waals surface area contributed by atoms with Crippen LogP contribution in [0, 0.1) is 10.1 Å². The molecule has 98 valence electrons. The van der Waals surface area contributed by atoms with Crippen molar-refractivity contribution in [2.45, 2.75) is 19.3 Å². The van der Waals surface area contributed by atoms with Gasteiger partial charge in [-0.2, -0.15) is 0 Å². The van der Waals surface area contributed by atoms with E-state index in [1.807, 2.05) is 6.92 Å². The summed E-state index contributed by atoms with van der Waals surface area (Å²) in [6.07, 6.45) is -0.110. The average molecular weight is 253 g/mol. The first kappa shape index (κ1) is 14.1. The first-order chi connectivity index (χ1) is 8.54. The third-order valence-electron chi connectivity index (χ3n) is 2.50. The second kappa shape index (κ2) is 6.70. The number of non-ortho nitro benzene ring substituents is 1. The molecule has 0 saturated heterocycles. The largest absolute Gasteiger partial charge is 0.481 e. The molecule has 0 heterocycles. The van der Waals surface area contributed by atoms with Crippen LogP contribution < -0.4 is 0 Å². The molecule has 1 aromatic carbocycles. The van der Waals surface area contributed by atoms with Gasteiger partial charge >= 0.3 is 5.97 Å². The van der Waals surface area contributed by atoms with Crippen molar-refractivity contribution in [3.05, 3.63) is 39.9 Å². The first-order valence-electron chi connectivity index (χ1n) is 5.58. The maximum absolute atomic E-state index is 10.8.